The molecule has 156 valence electrons. The van der Waals surface area contributed by atoms with Gasteiger partial charge in [-0.05, 0) is 25.1 Å². The van der Waals surface area contributed by atoms with Gasteiger partial charge in [0.2, 0.25) is 0 Å². The average molecular weight is 413 g/mol. The third kappa shape index (κ3) is 4.61. The van der Waals surface area contributed by atoms with E-state index in [-0.39, 0.29) is 36.4 Å². The van der Waals surface area contributed by atoms with E-state index in [1.165, 1.54) is 36.4 Å². The second-order valence-electron chi connectivity index (χ2n) is 6.47. The number of aliphatic hydroxyl groups excluding tert-OH is 1. The number of para-hydroxylation sites is 1. The molecule has 0 spiro atoms. The third-order valence-corrected chi connectivity index (χ3v) is 4.58. The van der Waals surface area contributed by atoms with Crippen molar-refractivity contribution in [1.29, 1.82) is 0 Å². The zero-order chi connectivity index (χ0) is 21.2. The lowest BCUT2D eigenvalue weighted by atomic mass is 10.0. The van der Waals surface area contributed by atoms with E-state index in [0.717, 1.165) is 11.0 Å². The number of hydrogen-bond acceptors (Lipinski definition) is 4. The summed E-state index contributed by atoms with van der Waals surface area (Å²) >= 11 is 0. The number of carbonyl (C=O) groups excluding carboxylic acids is 1. The minimum atomic E-state index is -4.91. The lowest BCUT2D eigenvalue weighted by molar-refractivity contribution is -0.275. The van der Waals surface area contributed by atoms with Gasteiger partial charge in [0.05, 0.1) is 24.8 Å². The number of aliphatic hydroxyl groups is 1. The molecule has 1 heterocycles. The van der Waals surface area contributed by atoms with Gasteiger partial charge in [-0.3, -0.25) is 4.79 Å². The Labute approximate surface area is 164 Å². The number of rotatable bonds is 6. The van der Waals surface area contributed by atoms with E-state index in [2.05, 4.69) is 4.74 Å². The average Bonchev–Trinajstić information content (AvgIpc) is 2.91. The van der Waals surface area contributed by atoms with Crippen LogP contribution in [0.2, 0.25) is 0 Å². The fourth-order valence-electron chi connectivity index (χ4n) is 3.41. The fraction of sp³-hybridized carbons (Fsp3) is 0.350. The summed E-state index contributed by atoms with van der Waals surface area (Å²) < 4.78 is 62.2. The molecule has 9 heteroatoms. The summed E-state index contributed by atoms with van der Waals surface area (Å²) in [5.41, 5.74) is 0.153. The summed E-state index contributed by atoms with van der Waals surface area (Å²) in [6.45, 7) is 1.67. The lowest BCUT2D eigenvalue weighted by Gasteiger charge is -2.27. The van der Waals surface area contributed by atoms with E-state index in [0.29, 0.717) is 0 Å². The quantitative estimate of drug-likeness (QED) is 0.729. The highest BCUT2D eigenvalue weighted by atomic mass is 19.4. The number of ether oxygens (including phenoxy) is 2. The van der Waals surface area contributed by atoms with E-state index in [4.69, 9.17) is 4.74 Å². The first-order chi connectivity index (χ1) is 13.7. The topological polar surface area (TPSA) is 59.0 Å². The van der Waals surface area contributed by atoms with Crippen molar-refractivity contribution >= 4 is 5.91 Å². The minimum absolute atomic E-state index is 0.0755. The number of amides is 1. The van der Waals surface area contributed by atoms with Gasteiger partial charge in [0.25, 0.3) is 5.91 Å². The second-order valence-corrected chi connectivity index (χ2v) is 6.47. The first kappa shape index (κ1) is 20.9. The number of nitrogens with zero attached hydrogens (tertiary/aromatic N) is 1. The van der Waals surface area contributed by atoms with Gasteiger partial charge in [0.15, 0.2) is 0 Å². The van der Waals surface area contributed by atoms with Gasteiger partial charge in [0, 0.05) is 12.0 Å². The van der Waals surface area contributed by atoms with Crippen LogP contribution in [0.25, 0.3) is 0 Å². The molecule has 1 N–H and O–H groups in total. The summed E-state index contributed by atoms with van der Waals surface area (Å²) in [6.07, 6.45) is -6.41. The van der Waals surface area contributed by atoms with Crippen LogP contribution in [-0.4, -0.2) is 35.0 Å². The monoisotopic (exact) mass is 413 g/mol. The molecule has 1 saturated heterocycles. The summed E-state index contributed by atoms with van der Waals surface area (Å²) in [7, 11) is 0. The van der Waals surface area contributed by atoms with Crippen LogP contribution in [-0.2, 0) is 11.3 Å². The Morgan fingerprint density at radius 2 is 1.83 bits per heavy atom. The molecule has 29 heavy (non-hydrogen) atoms. The number of halogens is 4. The van der Waals surface area contributed by atoms with Crippen LogP contribution in [0.15, 0.2) is 42.5 Å². The van der Waals surface area contributed by atoms with Crippen LogP contribution in [0.4, 0.5) is 17.6 Å². The highest BCUT2D eigenvalue weighted by Gasteiger charge is 2.42. The molecule has 0 radical (unpaired) electrons. The molecule has 1 aliphatic heterocycles. The van der Waals surface area contributed by atoms with Gasteiger partial charge in [-0.2, -0.15) is 0 Å². The molecular formula is C20H19F4NO4. The van der Waals surface area contributed by atoms with Gasteiger partial charge < -0.3 is 19.5 Å². The Morgan fingerprint density at radius 3 is 2.52 bits per heavy atom. The van der Waals surface area contributed by atoms with Crippen molar-refractivity contribution in [3.05, 3.63) is 59.4 Å². The SMILES string of the molecule is CCOc1cccc(F)c1C1CC(O)C(=O)N1Cc1ccccc1OC(F)(F)F. The number of hydrogen-bond donors (Lipinski definition) is 1. The van der Waals surface area contributed by atoms with Crippen LogP contribution < -0.4 is 9.47 Å². The normalized spacial score (nSPS) is 19.5. The maximum absolute atomic E-state index is 14.6. The zero-order valence-corrected chi connectivity index (χ0v) is 15.4. The predicted molar refractivity (Wildman–Crippen MR) is 94.6 cm³/mol. The highest BCUT2D eigenvalue weighted by molar-refractivity contribution is 5.84. The van der Waals surface area contributed by atoms with Crippen molar-refractivity contribution in [3.8, 4) is 11.5 Å². The molecule has 1 amide bonds. The molecule has 1 aliphatic rings. The molecule has 0 saturated carbocycles. The van der Waals surface area contributed by atoms with E-state index < -0.39 is 36.0 Å². The number of likely N-dealkylation sites (tertiary alicyclic amines) is 1. The maximum Gasteiger partial charge on any atom is 0.573 e. The van der Waals surface area contributed by atoms with E-state index in [9.17, 15) is 27.5 Å². The lowest BCUT2D eigenvalue weighted by Crippen LogP contribution is -2.31. The maximum atomic E-state index is 14.6. The van der Waals surface area contributed by atoms with Crippen molar-refractivity contribution in [2.75, 3.05) is 6.61 Å². The number of alkyl halides is 3. The first-order valence-corrected chi connectivity index (χ1v) is 8.94. The van der Waals surface area contributed by atoms with Crippen molar-refractivity contribution in [3.63, 3.8) is 0 Å². The van der Waals surface area contributed by atoms with E-state index in [1.54, 1.807) is 6.92 Å². The number of carbonyl (C=O) groups is 1. The third-order valence-electron chi connectivity index (χ3n) is 4.58. The Balaban J connectivity index is 1.98. The first-order valence-electron chi connectivity index (χ1n) is 8.94. The fourth-order valence-corrected chi connectivity index (χ4v) is 3.41. The van der Waals surface area contributed by atoms with Gasteiger partial charge in [-0.25, -0.2) is 4.39 Å². The van der Waals surface area contributed by atoms with Crippen LogP contribution in [0.3, 0.4) is 0 Å². The van der Waals surface area contributed by atoms with Crippen molar-refractivity contribution < 1.29 is 36.9 Å². The highest BCUT2D eigenvalue weighted by Crippen LogP contribution is 2.41. The molecule has 0 aromatic heterocycles. The van der Waals surface area contributed by atoms with Gasteiger partial charge in [0.1, 0.15) is 23.4 Å². The second kappa shape index (κ2) is 8.28. The summed E-state index contributed by atoms with van der Waals surface area (Å²) in [5.74, 6) is -1.59. The molecule has 2 aromatic carbocycles. The van der Waals surface area contributed by atoms with Gasteiger partial charge in [-0.1, -0.05) is 24.3 Å². The predicted octanol–water partition coefficient (Wildman–Crippen LogP) is 3.96. The number of benzene rings is 2. The largest absolute Gasteiger partial charge is 0.573 e. The molecule has 3 rings (SSSR count). The zero-order valence-electron chi connectivity index (χ0n) is 15.4. The van der Waals surface area contributed by atoms with Crippen molar-refractivity contribution in [2.24, 2.45) is 0 Å². The van der Waals surface area contributed by atoms with Crippen LogP contribution >= 0.6 is 0 Å². The molecule has 0 aliphatic carbocycles. The Hall–Kier alpha value is -2.81. The van der Waals surface area contributed by atoms with Crippen molar-refractivity contribution in [1.82, 2.24) is 4.90 Å². The minimum Gasteiger partial charge on any atom is -0.493 e. The smallest absolute Gasteiger partial charge is 0.493 e. The Morgan fingerprint density at radius 1 is 1.14 bits per heavy atom. The van der Waals surface area contributed by atoms with Crippen LogP contribution in [0.5, 0.6) is 11.5 Å². The molecule has 2 unspecified atom stereocenters. The summed E-state index contributed by atoms with van der Waals surface area (Å²) in [5, 5.41) is 10.1. The Kier molecular flexibility index (Phi) is 5.97. The Bertz CT molecular complexity index is 887. The molecule has 1 fully saturated rings. The molecule has 2 atom stereocenters. The van der Waals surface area contributed by atoms with Gasteiger partial charge in [-0.15, -0.1) is 13.2 Å². The molecule has 0 bridgehead atoms. The standard InChI is InChI=1S/C20H19F4NO4/c1-2-28-17-9-5-7-13(21)18(17)14-10-15(26)19(27)25(14)11-12-6-3-4-8-16(12)29-20(22,23)24/h3-9,14-15,26H,2,10-11H2,1H3. The van der Waals surface area contributed by atoms with Crippen molar-refractivity contribution in [2.45, 2.75) is 38.4 Å². The van der Waals surface area contributed by atoms with E-state index in [1.807, 2.05) is 0 Å². The van der Waals surface area contributed by atoms with Crippen LogP contribution in [0, 0.1) is 5.82 Å². The van der Waals surface area contributed by atoms with Crippen LogP contribution in [0.1, 0.15) is 30.5 Å². The molecule has 2 aromatic rings. The van der Waals surface area contributed by atoms with Gasteiger partial charge >= 0.3 is 6.36 Å². The molecular weight excluding hydrogens is 394 g/mol. The summed E-state index contributed by atoms with van der Waals surface area (Å²) in [4.78, 5) is 13.7. The molecule has 5 nitrogen and oxygen atoms in total. The summed E-state index contributed by atoms with van der Waals surface area (Å²) in [6, 6.07) is 8.66. The van der Waals surface area contributed by atoms with E-state index >= 15 is 0 Å².